The first-order chi connectivity index (χ1) is 7.13. The van der Waals surface area contributed by atoms with E-state index in [2.05, 4.69) is 5.32 Å². The van der Waals surface area contributed by atoms with E-state index in [9.17, 15) is 4.79 Å². The zero-order valence-electron chi connectivity index (χ0n) is 8.42. The van der Waals surface area contributed by atoms with Crippen LogP contribution in [0.5, 0.6) is 0 Å². The van der Waals surface area contributed by atoms with E-state index in [-0.39, 0.29) is 5.91 Å². The molecule has 0 bridgehead atoms. The minimum atomic E-state index is -0.136. The van der Waals surface area contributed by atoms with Crippen LogP contribution in [0.1, 0.15) is 6.42 Å². The summed E-state index contributed by atoms with van der Waals surface area (Å²) in [6, 6.07) is 4.94. The minimum Gasteiger partial charge on any atom is -0.399 e. The molecule has 0 saturated heterocycles. The van der Waals surface area contributed by atoms with Gasteiger partial charge in [0.15, 0.2) is 0 Å². The molecular weight excluding hydrogens is 216 g/mol. The molecule has 0 aliphatic carbocycles. The second kappa shape index (κ2) is 5.58. The van der Waals surface area contributed by atoms with E-state index in [4.69, 9.17) is 22.1 Å². The fourth-order valence-corrected chi connectivity index (χ4v) is 1.28. The fraction of sp³-hybridized carbons (Fsp3) is 0.300. The van der Waals surface area contributed by atoms with Crippen molar-refractivity contribution in [2.45, 2.75) is 6.42 Å². The molecule has 0 atom stereocenters. The summed E-state index contributed by atoms with van der Waals surface area (Å²) in [6.45, 7) is 0.387. The van der Waals surface area contributed by atoms with Crippen molar-refractivity contribution in [1.29, 1.82) is 0 Å². The number of nitrogens with one attached hydrogen (secondary N) is 1. The SMILES string of the molecule is COCCC(=O)Nc1ccc(N)cc1Cl. The molecule has 4 nitrogen and oxygen atoms in total. The van der Waals surface area contributed by atoms with Crippen LogP contribution in [0.3, 0.4) is 0 Å². The van der Waals surface area contributed by atoms with Gasteiger partial charge in [-0.25, -0.2) is 0 Å². The first-order valence-electron chi connectivity index (χ1n) is 4.47. The Morgan fingerprint density at radius 3 is 2.93 bits per heavy atom. The lowest BCUT2D eigenvalue weighted by Gasteiger charge is -2.07. The van der Waals surface area contributed by atoms with Crippen LogP contribution in [0.15, 0.2) is 18.2 Å². The average molecular weight is 229 g/mol. The Balaban J connectivity index is 2.60. The van der Waals surface area contributed by atoms with Crippen molar-refractivity contribution in [2.75, 3.05) is 24.8 Å². The van der Waals surface area contributed by atoms with E-state index >= 15 is 0 Å². The maximum absolute atomic E-state index is 11.3. The van der Waals surface area contributed by atoms with E-state index in [1.54, 1.807) is 25.3 Å². The molecule has 0 aliphatic rings. The van der Waals surface area contributed by atoms with Gasteiger partial charge in [0.2, 0.25) is 5.91 Å². The number of ether oxygens (including phenoxy) is 1. The number of carbonyl (C=O) groups is 1. The van der Waals surface area contributed by atoms with E-state index in [1.807, 2.05) is 0 Å². The molecule has 3 N–H and O–H groups in total. The molecule has 1 aromatic carbocycles. The summed E-state index contributed by atoms with van der Waals surface area (Å²) in [4.78, 5) is 11.3. The lowest BCUT2D eigenvalue weighted by atomic mass is 10.2. The van der Waals surface area contributed by atoms with Crippen LogP contribution >= 0.6 is 11.6 Å². The van der Waals surface area contributed by atoms with Crippen LogP contribution in [0, 0.1) is 0 Å². The van der Waals surface area contributed by atoms with Crippen molar-refractivity contribution in [3.8, 4) is 0 Å². The highest BCUT2D eigenvalue weighted by Crippen LogP contribution is 2.23. The quantitative estimate of drug-likeness (QED) is 0.774. The van der Waals surface area contributed by atoms with Gasteiger partial charge in [0, 0.05) is 12.8 Å². The van der Waals surface area contributed by atoms with Crippen LogP contribution in [-0.2, 0) is 9.53 Å². The molecule has 0 aromatic heterocycles. The summed E-state index contributed by atoms with van der Waals surface area (Å²) in [5.41, 5.74) is 6.65. The summed E-state index contributed by atoms with van der Waals surface area (Å²) in [6.07, 6.45) is 0.303. The van der Waals surface area contributed by atoms with Crippen LogP contribution in [0.2, 0.25) is 5.02 Å². The third-order valence-corrected chi connectivity index (χ3v) is 2.11. The zero-order valence-corrected chi connectivity index (χ0v) is 9.17. The van der Waals surface area contributed by atoms with Gasteiger partial charge >= 0.3 is 0 Å². The zero-order chi connectivity index (χ0) is 11.3. The van der Waals surface area contributed by atoms with Crippen LogP contribution in [0.25, 0.3) is 0 Å². The molecule has 5 heteroatoms. The van der Waals surface area contributed by atoms with E-state index in [0.717, 1.165) is 0 Å². The van der Waals surface area contributed by atoms with Gasteiger partial charge in [0.25, 0.3) is 0 Å². The normalized spacial score (nSPS) is 10.0. The van der Waals surface area contributed by atoms with Crippen LogP contribution < -0.4 is 11.1 Å². The van der Waals surface area contributed by atoms with Crippen LogP contribution in [-0.4, -0.2) is 19.6 Å². The van der Waals surface area contributed by atoms with Crippen molar-refractivity contribution in [3.05, 3.63) is 23.2 Å². The number of carbonyl (C=O) groups excluding carboxylic acids is 1. The Morgan fingerprint density at radius 1 is 1.60 bits per heavy atom. The number of benzene rings is 1. The highest BCUT2D eigenvalue weighted by atomic mass is 35.5. The van der Waals surface area contributed by atoms with Crippen molar-refractivity contribution in [3.63, 3.8) is 0 Å². The van der Waals surface area contributed by atoms with Crippen molar-refractivity contribution in [2.24, 2.45) is 0 Å². The minimum absolute atomic E-state index is 0.136. The first kappa shape index (κ1) is 11.8. The number of methoxy groups -OCH3 is 1. The number of amides is 1. The second-order valence-electron chi connectivity index (χ2n) is 3.03. The molecule has 0 spiro atoms. The smallest absolute Gasteiger partial charge is 0.226 e. The molecule has 0 unspecified atom stereocenters. The number of nitrogen functional groups attached to an aromatic ring is 1. The van der Waals surface area contributed by atoms with Gasteiger partial charge < -0.3 is 15.8 Å². The number of hydrogen-bond donors (Lipinski definition) is 2. The monoisotopic (exact) mass is 228 g/mol. The molecule has 1 aromatic rings. The first-order valence-corrected chi connectivity index (χ1v) is 4.85. The summed E-state index contributed by atoms with van der Waals surface area (Å²) in [5.74, 6) is -0.136. The Morgan fingerprint density at radius 2 is 2.33 bits per heavy atom. The van der Waals surface area contributed by atoms with Gasteiger partial charge in [0.1, 0.15) is 0 Å². The summed E-state index contributed by atoms with van der Waals surface area (Å²) in [7, 11) is 1.55. The molecule has 0 heterocycles. The van der Waals surface area contributed by atoms with Crippen molar-refractivity contribution in [1.82, 2.24) is 0 Å². The topological polar surface area (TPSA) is 64.3 Å². The van der Waals surface area contributed by atoms with Gasteiger partial charge in [-0.1, -0.05) is 11.6 Å². The molecule has 82 valence electrons. The van der Waals surface area contributed by atoms with E-state index < -0.39 is 0 Å². The molecule has 0 saturated carbocycles. The number of anilines is 2. The van der Waals surface area contributed by atoms with Crippen molar-refractivity contribution >= 4 is 28.9 Å². The Hall–Kier alpha value is -1.26. The maximum Gasteiger partial charge on any atom is 0.226 e. The highest BCUT2D eigenvalue weighted by Gasteiger charge is 2.05. The third-order valence-electron chi connectivity index (χ3n) is 1.80. The van der Waals surface area contributed by atoms with E-state index in [1.165, 1.54) is 0 Å². The molecular formula is C10H13ClN2O2. The lowest BCUT2D eigenvalue weighted by molar-refractivity contribution is -0.117. The Kier molecular flexibility index (Phi) is 4.39. The molecule has 0 radical (unpaired) electrons. The van der Waals surface area contributed by atoms with Gasteiger partial charge in [-0.05, 0) is 18.2 Å². The van der Waals surface area contributed by atoms with Crippen molar-refractivity contribution < 1.29 is 9.53 Å². The predicted molar refractivity (Wildman–Crippen MR) is 61.0 cm³/mol. The Bertz CT molecular complexity index is 355. The second-order valence-corrected chi connectivity index (χ2v) is 3.44. The van der Waals surface area contributed by atoms with Gasteiger partial charge in [0.05, 0.1) is 23.7 Å². The molecule has 15 heavy (non-hydrogen) atoms. The summed E-state index contributed by atoms with van der Waals surface area (Å²) >= 11 is 5.88. The molecule has 1 rings (SSSR count). The predicted octanol–water partition coefficient (Wildman–Crippen LogP) is 1.90. The Labute approximate surface area is 93.4 Å². The summed E-state index contributed by atoms with van der Waals surface area (Å²) < 4.78 is 4.79. The lowest BCUT2D eigenvalue weighted by Crippen LogP contribution is -2.13. The average Bonchev–Trinajstić information content (AvgIpc) is 2.19. The number of halogens is 1. The largest absolute Gasteiger partial charge is 0.399 e. The van der Waals surface area contributed by atoms with Gasteiger partial charge in [-0.2, -0.15) is 0 Å². The van der Waals surface area contributed by atoms with E-state index in [0.29, 0.717) is 29.4 Å². The third kappa shape index (κ3) is 3.77. The highest BCUT2D eigenvalue weighted by molar-refractivity contribution is 6.34. The fourth-order valence-electron chi connectivity index (χ4n) is 1.04. The molecule has 0 fully saturated rings. The van der Waals surface area contributed by atoms with Gasteiger partial charge in [-0.15, -0.1) is 0 Å². The maximum atomic E-state index is 11.3. The number of nitrogens with two attached hydrogens (primary N) is 1. The van der Waals surface area contributed by atoms with Gasteiger partial charge in [-0.3, -0.25) is 4.79 Å². The number of hydrogen-bond acceptors (Lipinski definition) is 3. The molecule has 0 aliphatic heterocycles. The number of rotatable bonds is 4. The van der Waals surface area contributed by atoms with Crippen LogP contribution in [0.4, 0.5) is 11.4 Å². The summed E-state index contributed by atoms with van der Waals surface area (Å²) in [5, 5.41) is 3.10. The molecule has 1 amide bonds. The standard InChI is InChI=1S/C10H13ClN2O2/c1-15-5-4-10(14)13-9-3-2-7(12)6-8(9)11/h2-3,6H,4-5,12H2,1H3,(H,13,14).